The minimum Gasteiger partial charge on any atom is -0.367 e. The van der Waals surface area contributed by atoms with Gasteiger partial charge >= 0.3 is 6.03 Å². The summed E-state index contributed by atoms with van der Waals surface area (Å²) in [6.07, 6.45) is 0.0389. The molecule has 3 amide bonds. The van der Waals surface area contributed by atoms with Crippen LogP contribution in [0.1, 0.15) is 29.7 Å². The molecule has 3 atom stereocenters. The Kier molecular flexibility index (Phi) is 7.09. The summed E-state index contributed by atoms with van der Waals surface area (Å²) >= 11 is 1.09. The molecule has 3 aromatic rings. The molecule has 13 heteroatoms. The molecular formula is C24H26F3N7O2S. The molecule has 0 radical (unpaired) electrons. The number of carbonyl (C=O) groups is 2. The number of hydrogen-bond acceptors (Lipinski definition) is 7. The molecule has 0 aromatic carbocycles. The summed E-state index contributed by atoms with van der Waals surface area (Å²) in [5, 5.41) is 3.43. The quantitative estimate of drug-likeness (QED) is 0.406. The number of carbonyl (C=O) groups excluding carboxylic acids is 2. The van der Waals surface area contributed by atoms with Crippen molar-refractivity contribution in [1.82, 2.24) is 19.9 Å². The van der Waals surface area contributed by atoms with E-state index in [2.05, 4.69) is 20.3 Å². The molecule has 37 heavy (non-hydrogen) atoms. The molecular weight excluding hydrogens is 507 g/mol. The van der Waals surface area contributed by atoms with Crippen molar-refractivity contribution in [2.45, 2.75) is 43.7 Å². The van der Waals surface area contributed by atoms with E-state index in [-0.39, 0.29) is 23.7 Å². The van der Waals surface area contributed by atoms with Crippen LogP contribution in [0.4, 0.5) is 23.8 Å². The van der Waals surface area contributed by atoms with Crippen molar-refractivity contribution >= 4 is 29.1 Å². The first-order valence-corrected chi connectivity index (χ1v) is 12.2. The number of thiazole rings is 1. The van der Waals surface area contributed by atoms with Crippen LogP contribution in [-0.4, -0.2) is 57.5 Å². The third kappa shape index (κ3) is 4.59. The zero-order valence-electron chi connectivity index (χ0n) is 20.1. The fourth-order valence-corrected chi connectivity index (χ4v) is 5.72. The van der Waals surface area contributed by atoms with Gasteiger partial charge in [0, 0.05) is 31.4 Å². The van der Waals surface area contributed by atoms with Crippen LogP contribution in [0.25, 0.3) is 10.4 Å². The number of rotatable bonds is 8. The zero-order valence-corrected chi connectivity index (χ0v) is 20.9. The lowest BCUT2D eigenvalue weighted by Gasteiger charge is -2.32. The highest BCUT2D eigenvalue weighted by atomic mass is 32.1. The highest BCUT2D eigenvalue weighted by Crippen LogP contribution is 2.44. The molecule has 196 valence electrons. The minimum atomic E-state index is -2.97. The van der Waals surface area contributed by atoms with Gasteiger partial charge in [-0.15, -0.1) is 11.3 Å². The third-order valence-corrected chi connectivity index (χ3v) is 7.97. The first-order valence-electron chi connectivity index (χ1n) is 11.4. The lowest BCUT2D eigenvalue weighted by atomic mass is 9.87. The Morgan fingerprint density at radius 3 is 2.62 bits per heavy atom. The SMILES string of the molecule is Cc1nc(C2(C(N)=O)CC(Nc3ccccn3)CN2C(N)=O)sc1-c1ccnc(C(C)(CF)C(F)F)c1. The van der Waals surface area contributed by atoms with E-state index in [1.165, 1.54) is 17.2 Å². The average Bonchev–Trinajstić information content (AvgIpc) is 3.46. The Bertz CT molecular complexity index is 1310. The Hall–Kier alpha value is -3.74. The van der Waals surface area contributed by atoms with Gasteiger partial charge in [0.05, 0.1) is 21.7 Å². The second-order valence-electron chi connectivity index (χ2n) is 9.15. The van der Waals surface area contributed by atoms with Crippen molar-refractivity contribution in [2.24, 2.45) is 11.5 Å². The molecule has 4 rings (SSSR count). The van der Waals surface area contributed by atoms with Crippen molar-refractivity contribution in [3.63, 3.8) is 0 Å². The summed E-state index contributed by atoms with van der Waals surface area (Å²) in [5.74, 6) is -0.262. The van der Waals surface area contributed by atoms with Gasteiger partial charge in [-0.3, -0.25) is 9.78 Å². The molecule has 4 heterocycles. The maximum absolute atomic E-state index is 13.6. The first kappa shape index (κ1) is 26.3. The van der Waals surface area contributed by atoms with E-state index in [9.17, 15) is 22.8 Å². The van der Waals surface area contributed by atoms with Crippen molar-refractivity contribution in [2.75, 3.05) is 18.5 Å². The van der Waals surface area contributed by atoms with Crippen LogP contribution in [0.2, 0.25) is 0 Å². The number of amides is 3. The largest absolute Gasteiger partial charge is 0.367 e. The number of likely N-dealkylation sites (tertiary alicyclic amines) is 1. The van der Waals surface area contributed by atoms with E-state index in [1.807, 2.05) is 0 Å². The molecule has 1 aliphatic rings. The average molecular weight is 534 g/mol. The van der Waals surface area contributed by atoms with E-state index in [4.69, 9.17) is 11.5 Å². The predicted molar refractivity (Wildman–Crippen MR) is 133 cm³/mol. The number of urea groups is 1. The summed E-state index contributed by atoms with van der Waals surface area (Å²) in [5.41, 5.74) is 8.66. The topological polar surface area (TPSA) is 140 Å². The lowest BCUT2D eigenvalue weighted by Crippen LogP contribution is -2.55. The summed E-state index contributed by atoms with van der Waals surface area (Å²) in [6, 6.07) is 7.01. The van der Waals surface area contributed by atoms with Crippen LogP contribution in [0.5, 0.6) is 0 Å². The summed E-state index contributed by atoms with van der Waals surface area (Å²) in [4.78, 5) is 39.9. The molecule has 1 saturated heterocycles. The monoisotopic (exact) mass is 533 g/mol. The second-order valence-corrected chi connectivity index (χ2v) is 10.1. The van der Waals surface area contributed by atoms with Crippen LogP contribution in [0.15, 0.2) is 42.7 Å². The number of aryl methyl sites for hydroxylation is 1. The Balaban J connectivity index is 1.76. The third-order valence-electron chi connectivity index (χ3n) is 6.61. The molecule has 0 spiro atoms. The van der Waals surface area contributed by atoms with Crippen LogP contribution >= 0.6 is 11.3 Å². The second kappa shape index (κ2) is 9.96. The smallest absolute Gasteiger partial charge is 0.316 e. The molecule has 3 aromatic heterocycles. The minimum absolute atomic E-state index is 0.0749. The number of primary amides is 2. The summed E-state index contributed by atoms with van der Waals surface area (Å²) in [6.45, 7) is 1.57. The number of aromatic nitrogens is 3. The Morgan fingerprint density at radius 2 is 2.03 bits per heavy atom. The van der Waals surface area contributed by atoms with Gasteiger partial charge in [-0.1, -0.05) is 6.07 Å². The van der Waals surface area contributed by atoms with Gasteiger partial charge in [0.1, 0.15) is 17.5 Å². The van der Waals surface area contributed by atoms with E-state index in [1.54, 1.807) is 37.4 Å². The number of pyridine rings is 2. The van der Waals surface area contributed by atoms with Gasteiger partial charge in [-0.2, -0.15) is 0 Å². The van der Waals surface area contributed by atoms with Crippen molar-refractivity contribution in [3.8, 4) is 10.4 Å². The fourth-order valence-electron chi connectivity index (χ4n) is 4.45. The number of anilines is 1. The van der Waals surface area contributed by atoms with E-state index in [0.29, 0.717) is 22.0 Å². The molecule has 9 nitrogen and oxygen atoms in total. The number of nitrogens with two attached hydrogens (primary N) is 2. The molecule has 1 aliphatic heterocycles. The van der Waals surface area contributed by atoms with E-state index < -0.39 is 42.0 Å². The molecule has 1 fully saturated rings. The number of nitrogens with zero attached hydrogens (tertiary/aromatic N) is 4. The molecule has 0 bridgehead atoms. The first-order chi connectivity index (χ1) is 17.5. The van der Waals surface area contributed by atoms with Crippen LogP contribution in [-0.2, 0) is 15.7 Å². The number of hydrogen-bond donors (Lipinski definition) is 3. The number of nitrogens with one attached hydrogen (secondary N) is 1. The van der Waals surface area contributed by atoms with Crippen molar-refractivity contribution < 1.29 is 22.8 Å². The summed E-state index contributed by atoms with van der Waals surface area (Å²) in [7, 11) is 0. The highest BCUT2D eigenvalue weighted by molar-refractivity contribution is 7.15. The van der Waals surface area contributed by atoms with Gasteiger partial charge in [0.2, 0.25) is 0 Å². The van der Waals surface area contributed by atoms with Gasteiger partial charge in [-0.05, 0) is 43.7 Å². The molecule has 5 N–H and O–H groups in total. The predicted octanol–water partition coefficient (Wildman–Crippen LogP) is 3.35. The van der Waals surface area contributed by atoms with Crippen LogP contribution in [0.3, 0.4) is 0 Å². The van der Waals surface area contributed by atoms with Gasteiger partial charge < -0.3 is 21.7 Å². The number of halogens is 3. The fraction of sp³-hybridized carbons (Fsp3) is 0.375. The Labute approximate surface area is 215 Å². The zero-order chi connectivity index (χ0) is 27.0. The Morgan fingerprint density at radius 1 is 1.27 bits per heavy atom. The lowest BCUT2D eigenvalue weighted by molar-refractivity contribution is -0.127. The maximum Gasteiger partial charge on any atom is 0.316 e. The molecule has 3 unspecified atom stereocenters. The highest BCUT2D eigenvalue weighted by Gasteiger charge is 2.55. The van der Waals surface area contributed by atoms with Crippen molar-refractivity contribution in [1.29, 1.82) is 0 Å². The van der Waals surface area contributed by atoms with Gasteiger partial charge in [-0.25, -0.2) is 27.9 Å². The summed E-state index contributed by atoms with van der Waals surface area (Å²) < 4.78 is 40.9. The van der Waals surface area contributed by atoms with E-state index >= 15 is 0 Å². The van der Waals surface area contributed by atoms with E-state index in [0.717, 1.165) is 18.3 Å². The maximum atomic E-state index is 13.6. The van der Waals surface area contributed by atoms with Crippen LogP contribution < -0.4 is 16.8 Å². The number of alkyl halides is 3. The van der Waals surface area contributed by atoms with Gasteiger partial charge in [0.15, 0.2) is 5.54 Å². The molecule has 0 saturated carbocycles. The normalized spacial score (nSPS) is 21.1. The standard InChI is InChI=1S/C24H26F3N7O2S/c1-13-18(14-6-8-30-16(9-14)23(2,12-25)19(26)27)37-21(32-13)24(20(28)35)10-15(11-34(24)22(29)36)33-17-5-3-4-7-31-17/h3-9,15,19H,10-12H2,1-2H3,(H2,28,35)(H2,29,36)(H,31,33). The van der Waals surface area contributed by atoms with Crippen molar-refractivity contribution in [3.05, 3.63) is 59.1 Å². The van der Waals surface area contributed by atoms with Gasteiger partial charge in [0.25, 0.3) is 12.3 Å². The van der Waals surface area contributed by atoms with Crippen LogP contribution in [0, 0.1) is 6.92 Å². The molecule has 0 aliphatic carbocycles.